The van der Waals surface area contributed by atoms with Gasteiger partial charge in [-0.05, 0) is 31.4 Å². The molecule has 0 radical (unpaired) electrons. The Bertz CT molecular complexity index is 908. The highest BCUT2D eigenvalue weighted by Gasteiger charge is 2.07. The summed E-state index contributed by atoms with van der Waals surface area (Å²) in [4.78, 5) is 14.0. The average molecular weight is 385 g/mol. The summed E-state index contributed by atoms with van der Waals surface area (Å²) >= 11 is 1.68. The molecule has 3 rings (SSSR count). The van der Waals surface area contributed by atoms with Crippen LogP contribution in [0.1, 0.15) is 48.6 Å². The van der Waals surface area contributed by atoms with Gasteiger partial charge in [0.1, 0.15) is 10.7 Å². The number of nitrogens with zero attached hydrogens (tertiary/aromatic N) is 4. The molecule has 3 aromatic heterocycles. The van der Waals surface area contributed by atoms with Crippen LogP contribution in [0, 0.1) is 6.92 Å². The first-order valence-electron chi connectivity index (χ1n) is 9.46. The fourth-order valence-electron chi connectivity index (χ4n) is 2.79. The van der Waals surface area contributed by atoms with Crippen LogP contribution >= 0.6 is 11.3 Å². The lowest BCUT2D eigenvalue weighted by molar-refractivity contribution is 0.787. The Labute approximate surface area is 164 Å². The Morgan fingerprint density at radius 1 is 1.30 bits per heavy atom. The Balaban J connectivity index is 1.57. The first kappa shape index (κ1) is 19.4. The summed E-state index contributed by atoms with van der Waals surface area (Å²) < 4.78 is 2.08. The molecule has 144 valence electrons. The van der Waals surface area contributed by atoms with Crippen LogP contribution in [0.4, 0.5) is 0 Å². The van der Waals surface area contributed by atoms with E-state index in [1.165, 1.54) is 5.56 Å². The van der Waals surface area contributed by atoms with E-state index in [0.29, 0.717) is 12.5 Å². The van der Waals surface area contributed by atoms with Gasteiger partial charge in [0, 0.05) is 37.3 Å². The van der Waals surface area contributed by atoms with E-state index in [-0.39, 0.29) is 0 Å². The van der Waals surface area contributed by atoms with Crippen molar-refractivity contribution < 1.29 is 0 Å². The van der Waals surface area contributed by atoms with Crippen molar-refractivity contribution >= 4 is 22.9 Å². The van der Waals surface area contributed by atoms with Crippen molar-refractivity contribution in [3.8, 4) is 0 Å². The maximum atomic E-state index is 4.72. The molecule has 0 aromatic carbocycles. The normalized spacial score (nSPS) is 12.1. The largest absolute Gasteiger partial charge is 0.357 e. The van der Waals surface area contributed by atoms with Gasteiger partial charge in [-0.2, -0.15) is 0 Å². The highest BCUT2D eigenvalue weighted by atomic mass is 32.1. The zero-order valence-corrected chi connectivity index (χ0v) is 17.3. The van der Waals surface area contributed by atoms with Crippen LogP contribution in [0.3, 0.4) is 0 Å². The third-order valence-corrected chi connectivity index (χ3v) is 5.13. The zero-order valence-electron chi connectivity index (χ0n) is 16.5. The summed E-state index contributed by atoms with van der Waals surface area (Å²) in [6.45, 7) is 10.7. The second-order valence-corrected chi connectivity index (χ2v) is 7.79. The maximum absolute atomic E-state index is 4.72. The molecule has 0 saturated heterocycles. The summed E-state index contributed by atoms with van der Waals surface area (Å²) in [7, 11) is 0. The van der Waals surface area contributed by atoms with Crippen molar-refractivity contribution in [3.05, 3.63) is 51.9 Å². The number of pyridine rings is 1. The fourth-order valence-corrected chi connectivity index (χ4v) is 3.66. The fraction of sp³-hybridized carbons (Fsp3) is 0.450. The highest BCUT2D eigenvalue weighted by molar-refractivity contribution is 7.09. The Kier molecular flexibility index (Phi) is 6.45. The number of aryl methyl sites for hydroxylation is 1. The minimum Gasteiger partial charge on any atom is -0.357 e. The standard InChI is InChI=1S/C20H28N6S/c1-5-21-20(23-11-18-25-17(13-27-18)14(2)3)22-9-8-16-12-26-10-6-7-15(4)19(26)24-16/h6-7,10,12-14H,5,8-9,11H2,1-4H3,(H2,21,22,23). The monoisotopic (exact) mass is 384 g/mol. The molecule has 0 fully saturated rings. The van der Waals surface area contributed by atoms with Crippen molar-refractivity contribution in [2.24, 2.45) is 4.99 Å². The molecule has 0 saturated carbocycles. The minimum absolute atomic E-state index is 0.458. The number of rotatable bonds is 7. The molecule has 3 aromatic rings. The van der Waals surface area contributed by atoms with Gasteiger partial charge in [0.05, 0.1) is 17.9 Å². The van der Waals surface area contributed by atoms with Gasteiger partial charge in [-0.15, -0.1) is 11.3 Å². The van der Waals surface area contributed by atoms with Gasteiger partial charge in [0.15, 0.2) is 5.96 Å². The zero-order chi connectivity index (χ0) is 19.2. The highest BCUT2D eigenvalue weighted by Crippen LogP contribution is 2.18. The number of hydrogen-bond donors (Lipinski definition) is 2. The molecule has 0 bridgehead atoms. The SMILES string of the molecule is CCNC(=NCc1nc(C(C)C)cs1)NCCc1cn2cccc(C)c2n1. The molecule has 7 heteroatoms. The van der Waals surface area contributed by atoms with E-state index in [9.17, 15) is 0 Å². The quantitative estimate of drug-likeness (QED) is 0.483. The van der Waals surface area contributed by atoms with Crippen molar-refractivity contribution in [1.82, 2.24) is 25.0 Å². The van der Waals surface area contributed by atoms with Crippen LogP contribution in [-0.2, 0) is 13.0 Å². The van der Waals surface area contributed by atoms with Crippen LogP contribution in [0.25, 0.3) is 5.65 Å². The van der Waals surface area contributed by atoms with Crippen molar-refractivity contribution in [1.29, 1.82) is 0 Å². The number of thiazole rings is 1. The molecule has 0 aliphatic carbocycles. The van der Waals surface area contributed by atoms with Crippen LogP contribution in [0.15, 0.2) is 34.9 Å². The molecule has 2 N–H and O–H groups in total. The summed E-state index contributed by atoms with van der Waals surface area (Å²) in [6, 6.07) is 4.13. The summed E-state index contributed by atoms with van der Waals surface area (Å²) in [5.41, 5.74) is 4.44. The number of hydrogen-bond acceptors (Lipinski definition) is 4. The third kappa shape index (κ3) is 5.07. The maximum Gasteiger partial charge on any atom is 0.191 e. The van der Waals surface area contributed by atoms with Crippen molar-refractivity contribution in [2.45, 2.75) is 46.6 Å². The van der Waals surface area contributed by atoms with E-state index >= 15 is 0 Å². The third-order valence-electron chi connectivity index (χ3n) is 4.28. The van der Waals surface area contributed by atoms with Gasteiger partial charge < -0.3 is 15.0 Å². The Hall–Kier alpha value is -2.41. The van der Waals surface area contributed by atoms with Crippen LogP contribution in [0.2, 0.25) is 0 Å². The van der Waals surface area contributed by atoms with Crippen LogP contribution in [0.5, 0.6) is 0 Å². The molecule has 6 nitrogen and oxygen atoms in total. The second kappa shape index (κ2) is 8.99. The first-order chi connectivity index (χ1) is 13.1. The van der Waals surface area contributed by atoms with E-state index in [1.807, 2.05) is 12.3 Å². The average Bonchev–Trinajstić information content (AvgIpc) is 3.27. The van der Waals surface area contributed by atoms with Gasteiger partial charge in [-0.1, -0.05) is 19.9 Å². The predicted octanol–water partition coefficient (Wildman–Crippen LogP) is 3.52. The summed E-state index contributed by atoms with van der Waals surface area (Å²) in [5, 5.41) is 9.86. The number of nitrogens with one attached hydrogen (secondary N) is 2. The molecule has 0 spiro atoms. The second-order valence-electron chi connectivity index (χ2n) is 6.85. The van der Waals surface area contributed by atoms with E-state index in [4.69, 9.17) is 4.98 Å². The molecule has 0 aliphatic rings. The van der Waals surface area contributed by atoms with Gasteiger partial charge in [-0.3, -0.25) is 0 Å². The minimum atomic E-state index is 0.458. The van der Waals surface area contributed by atoms with Gasteiger partial charge in [0.2, 0.25) is 0 Å². The smallest absolute Gasteiger partial charge is 0.191 e. The van der Waals surface area contributed by atoms with Gasteiger partial charge in [0.25, 0.3) is 0 Å². The lowest BCUT2D eigenvalue weighted by Gasteiger charge is -2.10. The molecule has 27 heavy (non-hydrogen) atoms. The van der Waals surface area contributed by atoms with Gasteiger partial charge >= 0.3 is 0 Å². The van der Waals surface area contributed by atoms with Crippen molar-refractivity contribution in [2.75, 3.05) is 13.1 Å². The van der Waals surface area contributed by atoms with Gasteiger partial charge in [-0.25, -0.2) is 15.0 Å². The first-order valence-corrected chi connectivity index (χ1v) is 10.3. The number of guanidine groups is 1. The number of aliphatic imine (C=N–C) groups is 1. The number of imidazole rings is 1. The predicted molar refractivity (Wildman–Crippen MR) is 113 cm³/mol. The van der Waals surface area contributed by atoms with E-state index in [2.05, 4.69) is 70.3 Å². The molecular formula is C20H28N6S. The Morgan fingerprint density at radius 2 is 2.15 bits per heavy atom. The molecule has 3 heterocycles. The molecule has 0 amide bonds. The van der Waals surface area contributed by atoms with E-state index < -0.39 is 0 Å². The van der Waals surface area contributed by atoms with E-state index in [1.54, 1.807) is 11.3 Å². The molecular weight excluding hydrogens is 356 g/mol. The lowest BCUT2D eigenvalue weighted by atomic mass is 10.2. The Morgan fingerprint density at radius 3 is 2.85 bits per heavy atom. The molecule has 0 unspecified atom stereocenters. The topological polar surface area (TPSA) is 66.6 Å². The lowest BCUT2D eigenvalue weighted by Crippen LogP contribution is -2.38. The summed E-state index contributed by atoms with van der Waals surface area (Å²) in [5.74, 6) is 1.28. The number of fused-ring (bicyclic) bond motifs is 1. The number of aromatic nitrogens is 3. The molecule has 0 aliphatic heterocycles. The summed E-state index contributed by atoms with van der Waals surface area (Å²) in [6.07, 6.45) is 4.98. The van der Waals surface area contributed by atoms with Crippen molar-refractivity contribution in [3.63, 3.8) is 0 Å². The van der Waals surface area contributed by atoms with Crippen LogP contribution < -0.4 is 10.6 Å². The molecule has 0 atom stereocenters. The van der Waals surface area contributed by atoms with E-state index in [0.717, 1.165) is 47.5 Å². The van der Waals surface area contributed by atoms with Crippen LogP contribution in [-0.4, -0.2) is 33.4 Å².